The van der Waals surface area contributed by atoms with Gasteiger partial charge in [0.05, 0.1) is 13.2 Å². The van der Waals surface area contributed by atoms with Gasteiger partial charge in [-0.3, -0.25) is 0 Å². The molecule has 0 saturated carbocycles. The van der Waals surface area contributed by atoms with Gasteiger partial charge in [-0.25, -0.2) is 0 Å². The van der Waals surface area contributed by atoms with Crippen LogP contribution in [0.4, 0.5) is 0 Å². The lowest BCUT2D eigenvalue weighted by atomic mass is 9.92. The largest absolute Gasteiger partial charge is 0.376 e. The highest BCUT2D eigenvalue weighted by molar-refractivity contribution is 5.32. The summed E-state index contributed by atoms with van der Waals surface area (Å²) in [4.78, 5) is 0. The summed E-state index contributed by atoms with van der Waals surface area (Å²) < 4.78 is 5.64. The van der Waals surface area contributed by atoms with Gasteiger partial charge in [-0.05, 0) is 11.1 Å². The van der Waals surface area contributed by atoms with Crippen molar-refractivity contribution in [2.45, 2.75) is 5.92 Å². The van der Waals surface area contributed by atoms with Crippen LogP contribution in [0.2, 0.25) is 0 Å². The number of hydrogen-bond donors (Lipinski definition) is 0. The zero-order chi connectivity index (χ0) is 12.6. The molecule has 0 amide bonds. The van der Waals surface area contributed by atoms with Crippen molar-refractivity contribution >= 4 is 0 Å². The quantitative estimate of drug-likeness (QED) is 0.545. The summed E-state index contributed by atoms with van der Waals surface area (Å²) >= 11 is 0. The number of ether oxygens (including phenoxy) is 1. The van der Waals surface area contributed by atoms with E-state index in [0.717, 1.165) is 0 Å². The summed E-state index contributed by atoms with van der Waals surface area (Å²) in [5.41, 5.74) is 2.57. The van der Waals surface area contributed by atoms with Crippen LogP contribution in [-0.4, -0.2) is 13.2 Å². The Kier molecular flexibility index (Phi) is 4.74. The Labute approximate surface area is 109 Å². The van der Waals surface area contributed by atoms with E-state index in [0.29, 0.717) is 13.2 Å². The molecule has 0 fully saturated rings. The van der Waals surface area contributed by atoms with Crippen LogP contribution in [0.5, 0.6) is 0 Å². The molecule has 2 aromatic rings. The van der Waals surface area contributed by atoms with Crippen molar-refractivity contribution in [3.05, 3.63) is 84.4 Å². The molecule has 18 heavy (non-hydrogen) atoms. The van der Waals surface area contributed by atoms with Crippen LogP contribution in [0, 0.1) is 0 Å². The van der Waals surface area contributed by atoms with E-state index >= 15 is 0 Å². The van der Waals surface area contributed by atoms with Crippen molar-refractivity contribution in [1.29, 1.82) is 0 Å². The second-order valence-electron chi connectivity index (χ2n) is 4.20. The third kappa shape index (κ3) is 3.31. The van der Waals surface area contributed by atoms with Gasteiger partial charge in [0.1, 0.15) is 0 Å². The van der Waals surface area contributed by atoms with E-state index in [1.54, 1.807) is 6.08 Å². The first-order chi connectivity index (χ1) is 8.92. The van der Waals surface area contributed by atoms with Crippen LogP contribution in [0.3, 0.4) is 0 Å². The summed E-state index contributed by atoms with van der Waals surface area (Å²) in [7, 11) is 0. The molecule has 0 bridgehead atoms. The van der Waals surface area contributed by atoms with Gasteiger partial charge in [0.2, 0.25) is 0 Å². The molecule has 2 rings (SSSR count). The number of hydrogen-bond acceptors (Lipinski definition) is 1. The highest BCUT2D eigenvalue weighted by Crippen LogP contribution is 2.24. The molecular formula is C17H18O. The monoisotopic (exact) mass is 238 g/mol. The predicted molar refractivity (Wildman–Crippen MR) is 75.7 cm³/mol. The first-order valence-electron chi connectivity index (χ1n) is 6.20. The highest BCUT2D eigenvalue weighted by Gasteiger charge is 2.13. The fraction of sp³-hybridized carbons (Fsp3) is 0.176. The SMILES string of the molecule is C=CCOCC(c1ccccc1)c1ccccc1. The molecule has 0 aliphatic carbocycles. The summed E-state index contributed by atoms with van der Waals surface area (Å²) in [6.45, 7) is 4.95. The van der Waals surface area contributed by atoms with Gasteiger partial charge in [0, 0.05) is 5.92 Å². The molecule has 2 aromatic carbocycles. The van der Waals surface area contributed by atoms with Crippen LogP contribution in [0.15, 0.2) is 73.3 Å². The fourth-order valence-electron chi connectivity index (χ4n) is 2.02. The lowest BCUT2D eigenvalue weighted by Crippen LogP contribution is -2.09. The zero-order valence-corrected chi connectivity index (χ0v) is 10.5. The zero-order valence-electron chi connectivity index (χ0n) is 10.5. The molecule has 0 heterocycles. The molecule has 0 atom stereocenters. The lowest BCUT2D eigenvalue weighted by Gasteiger charge is -2.17. The van der Waals surface area contributed by atoms with E-state index in [2.05, 4.69) is 55.1 Å². The first-order valence-corrected chi connectivity index (χ1v) is 6.20. The maximum Gasteiger partial charge on any atom is 0.0645 e. The van der Waals surface area contributed by atoms with Crippen LogP contribution in [-0.2, 0) is 4.74 Å². The summed E-state index contributed by atoms with van der Waals surface area (Å²) in [5, 5.41) is 0. The molecular weight excluding hydrogens is 220 g/mol. The molecule has 1 nitrogen and oxygen atoms in total. The Balaban J connectivity index is 2.21. The molecule has 1 heteroatoms. The van der Waals surface area contributed by atoms with Gasteiger partial charge >= 0.3 is 0 Å². The summed E-state index contributed by atoms with van der Waals surface area (Å²) in [6, 6.07) is 20.9. The van der Waals surface area contributed by atoms with Gasteiger partial charge in [-0.2, -0.15) is 0 Å². The molecule has 0 aliphatic rings. The van der Waals surface area contributed by atoms with Gasteiger partial charge in [0.15, 0.2) is 0 Å². The Hall–Kier alpha value is -1.86. The second kappa shape index (κ2) is 6.77. The van der Waals surface area contributed by atoms with Crippen LogP contribution in [0.25, 0.3) is 0 Å². The second-order valence-corrected chi connectivity index (χ2v) is 4.20. The van der Waals surface area contributed by atoms with Gasteiger partial charge in [-0.1, -0.05) is 66.7 Å². The Morgan fingerprint density at radius 3 is 1.83 bits per heavy atom. The van der Waals surface area contributed by atoms with Crippen molar-refractivity contribution in [2.75, 3.05) is 13.2 Å². The maximum atomic E-state index is 5.64. The first kappa shape index (κ1) is 12.6. The molecule has 0 saturated heterocycles. The third-order valence-electron chi connectivity index (χ3n) is 2.92. The van der Waals surface area contributed by atoms with E-state index in [1.165, 1.54) is 11.1 Å². The predicted octanol–water partition coefficient (Wildman–Crippen LogP) is 4.02. The molecule has 0 aliphatic heterocycles. The highest BCUT2D eigenvalue weighted by atomic mass is 16.5. The number of rotatable bonds is 6. The lowest BCUT2D eigenvalue weighted by molar-refractivity contribution is 0.154. The van der Waals surface area contributed by atoms with Crippen molar-refractivity contribution in [3.63, 3.8) is 0 Å². The van der Waals surface area contributed by atoms with Crippen LogP contribution < -0.4 is 0 Å². The smallest absolute Gasteiger partial charge is 0.0645 e. The Bertz CT molecular complexity index is 422. The van der Waals surface area contributed by atoms with Crippen molar-refractivity contribution in [2.24, 2.45) is 0 Å². The molecule has 0 spiro atoms. The van der Waals surface area contributed by atoms with Crippen LogP contribution >= 0.6 is 0 Å². The molecule has 0 aromatic heterocycles. The summed E-state index contributed by atoms with van der Waals surface area (Å²) in [6.07, 6.45) is 1.78. The topological polar surface area (TPSA) is 9.23 Å². The van der Waals surface area contributed by atoms with Crippen molar-refractivity contribution in [1.82, 2.24) is 0 Å². The molecule has 0 N–H and O–H groups in total. The summed E-state index contributed by atoms with van der Waals surface area (Å²) in [5.74, 6) is 0.285. The minimum Gasteiger partial charge on any atom is -0.376 e. The fourth-order valence-corrected chi connectivity index (χ4v) is 2.02. The van der Waals surface area contributed by atoms with Crippen molar-refractivity contribution in [3.8, 4) is 0 Å². The standard InChI is InChI=1S/C17H18O/c1-2-13-18-14-17(15-9-5-3-6-10-15)16-11-7-4-8-12-16/h2-12,17H,1,13-14H2. The Morgan fingerprint density at radius 1 is 0.889 bits per heavy atom. The molecule has 0 radical (unpaired) electrons. The van der Waals surface area contributed by atoms with Gasteiger partial charge in [0.25, 0.3) is 0 Å². The van der Waals surface area contributed by atoms with E-state index in [9.17, 15) is 0 Å². The normalized spacial score (nSPS) is 10.5. The van der Waals surface area contributed by atoms with Gasteiger partial charge < -0.3 is 4.74 Å². The maximum absolute atomic E-state index is 5.64. The van der Waals surface area contributed by atoms with Crippen LogP contribution in [0.1, 0.15) is 17.0 Å². The van der Waals surface area contributed by atoms with E-state index < -0.39 is 0 Å². The average Bonchev–Trinajstić information content (AvgIpc) is 2.46. The van der Waals surface area contributed by atoms with E-state index in [4.69, 9.17) is 4.74 Å². The van der Waals surface area contributed by atoms with Gasteiger partial charge in [-0.15, -0.1) is 6.58 Å². The third-order valence-corrected chi connectivity index (χ3v) is 2.92. The molecule has 0 unspecified atom stereocenters. The van der Waals surface area contributed by atoms with E-state index in [-0.39, 0.29) is 5.92 Å². The minimum atomic E-state index is 0.285. The minimum absolute atomic E-state index is 0.285. The van der Waals surface area contributed by atoms with Crippen molar-refractivity contribution < 1.29 is 4.74 Å². The van der Waals surface area contributed by atoms with E-state index in [1.807, 2.05) is 12.1 Å². The Morgan fingerprint density at radius 2 is 1.39 bits per heavy atom. The number of benzene rings is 2. The average molecular weight is 238 g/mol. The molecule has 92 valence electrons.